The van der Waals surface area contributed by atoms with Crippen LogP contribution in [0.25, 0.3) is 0 Å². The van der Waals surface area contributed by atoms with Crippen molar-refractivity contribution in [3.8, 4) is 5.75 Å². The SMILES string of the molecule is CCc1ccc(OCCNC(=O)c2ccc(CN(c3c(Cl)cccc3Cl)S(C)(=O)=O)cc2)cc1. The van der Waals surface area contributed by atoms with Crippen LogP contribution < -0.4 is 14.4 Å². The van der Waals surface area contributed by atoms with Gasteiger partial charge in [-0.15, -0.1) is 0 Å². The highest BCUT2D eigenvalue weighted by atomic mass is 35.5. The molecule has 0 aromatic heterocycles. The van der Waals surface area contributed by atoms with Crippen LogP contribution in [0.15, 0.2) is 66.7 Å². The summed E-state index contributed by atoms with van der Waals surface area (Å²) >= 11 is 12.4. The number of hydrogen-bond acceptors (Lipinski definition) is 4. The second kappa shape index (κ2) is 11.6. The maximum absolute atomic E-state index is 12.4. The third-order valence-electron chi connectivity index (χ3n) is 5.12. The standard InChI is InChI=1S/C25H26Cl2N2O4S/c1-3-18-9-13-21(14-10-18)33-16-15-28-25(30)20-11-7-19(8-12-20)17-29(34(2,31)32)24-22(26)5-4-6-23(24)27/h4-14H,3,15-17H2,1-2H3,(H,28,30). The first kappa shape index (κ1) is 25.9. The highest BCUT2D eigenvalue weighted by Gasteiger charge is 2.23. The first-order chi connectivity index (χ1) is 16.2. The summed E-state index contributed by atoms with van der Waals surface area (Å²) in [6.45, 7) is 2.81. The average Bonchev–Trinajstić information content (AvgIpc) is 2.81. The number of aryl methyl sites for hydroxylation is 1. The lowest BCUT2D eigenvalue weighted by Crippen LogP contribution is -2.30. The zero-order valence-electron chi connectivity index (χ0n) is 18.9. The van der Waals surface area contributed by atoms with Crippen molar-refractivity contribution in [2.24, 2.45) is 0 Å². The van der Waals surface area contributed by atoms with Gasteiger partial charge in [0.05, 0.1) is 35.1 Å². The van der Waals surface area contributed by atoms with Gasteiger partial charge >= 0.3 is 0 Å². The summed E-state index contributed by atoms with van der Waals surface area (Å²) in [6.07, 6.45) is 2.06. The fraction of sp³-hybridized carbons (Fsp3) is 0.240. The van der Waals surface area contributed by atoms with Crippen LogP contribution in [0.2, 0.25) is 10.0 Å². The molecule has 0 radical (unpaired) electrons. The number of benzene rings is 3. The Balaban J connectivity index is 1.59. The molecule has 1 amide bonds. The largest absolute Gasteiger partial charge is 0.492 e. The van der Waals surface area contributed by atoms with Gasteiger partial charge in [0.1, 0.15) is 12.4 Å². The number of nitrogens with one attached hydrogen (secondary N) is 1. The van der Waals surface area contributed by atoms with Crippen molar-refractivity contribution in [3.63, 3.8) is 0 Å². The second-order valence-corrected chi connectivity index (χ2v) is 10.4. The van der Waals surface area contributed by atoms with E-state index in [-0.39, 0.29) is 28.2 Å². The van der Waals surface area contributed by atoms with Gasteiger partial charge in [-0.3, -0.25) is 9.10 Å². The van der Waals surface area contributed by atoms with Crippen LogP contribution in [0.3, 0.4) is 0 Å². The topological polar surface area (TPSA) is 75.7 Å². The first-order valence-corrected chi connectivity index (χ1v) is 13.3. The zero-order valence-corrected chi connectivity index (χ0v) is 21.3. The van der Waals surface area contributed by atoms with Gasteiger partial charge in [-0.2, -0.15) is 0 Å². The van der Waals surface area contributed by atoms with E-state index in [1.807, 2.05) is 24.3 Å². The lowest BCUT2D eigenvalue weighted by atomic mass is 10.1. The van der Waals surface area contributed by atoms with Gasteiger partial charge in [0.2, 0.25) is 10.0 Å². The van der Waals surface area contributed by atoms with E-state index in [0.717, 1.165) is 22.7 Å². The van der Waals surface area contributed by atoms with Crippen LogP contribution in [0.5, 0.6) is 5.75 Å². The third kappa shape index (κ3) is 6.88. The molecular weight excluding hydrogens is 495 g/mol. The Hall–Kier alpha value is -2.74. The molecule has 0 atom stereocenters. The van der Waals surface area contributed by atoms with Crippen molar-refractivity contribution in [2.45, 2.75) is 19.9 Å². The number of sulfonamides is 1. The number of carbonyl (C=O) groups excluding carboxylic acids is 1. The molecule has 0 saturated carbocycles. The highest BCUT2D eigenvalue weighted by Crippen LogP contribution is 2.35. The lowest BCUT2D eigenvalue weighted by Gasteiger charge is -2.24. The number of para-hydroxylation sites is 1. The van der Waals surface area contributed by atoms with Crippen molar-refractivity contribution >= 4 is 44.8 Å². The Labute approximate surface area is 210 Å². The minimum Gasteiger partial charge on any atom is -0.492 e. The van der Waals surface area contributed by atoms with E-state index in [1.165, 1.54) is 5.56 Å². The number of amides is 1. The molecule has 180 valence electrons. The van der Waals surface area contributed by atoms with Crippen LogP contribution in [-0.4, -0.2) is 33.7 Å². The quantitative estimate of drug-likeness (QED) is 0.366. The predicted octanol–water partition coefficient (Wildman–Crippen LogP) is 5.33. The molecule has 0 fully saturated rings. The fourth-order valence-corrected chi connectivity index (χ4v) is 4.89. The minimum atomic E-state index is -3.66. The molecule has 0 saturated heterocycles. The van der Waals surface area contributed by atoms with E-state index in [1.54, 1.807) is 42.5 Å². The molecule has 3 aromatic rings. The molecule has 9 heteroatoms. The molecule has 0 aliphatic rings. The van der Waals surface area contributed by atoms with Crippen molar-refractivity contribution in [1.29, 1.82) is 0 Å². The molecule has 0 spiro atoms. The summed E-state index contributed by atoms with van der Waals surface area (Å²) in [6, 6.07) is 19.3. The Kier molecular flexibility index (Phi) is 8.83. The van der Waals surface area contributed by atoms with E-state index in [9.17, 15) is 13.2 Å². The number of anilines is 1. The first-order valence-electron chi connectivity index (χ1n) is 10.7. The number of ether oxygens (including phenoxy) is 1. The number of halogens is 2. The number of nitrogens with zero attached hydrogens (tertiary/aromatic N) is 1. The van der Waals surface area contributed by atoms with Crippen LogP contribution >= 0.6 is 23.2 Å². The highest BCUT2D eigenvalue weighted by molar-refractivity contribution is 7.92. The zero-order chi connectivity index (χ0) is 24.7. The molecule has 3 rings (SSSR count). The summed E-state index contributed by atoms with van der Waals surface area (Å²) in [5.41, 5.74) is 2.59. The van der Waals surface area contributed by atoms with E-state index in [4.69, 9.17) is 27.9 Å². The molecule has 1 N–H and O–H groups in total. The fourth-order valence-electron chi connectivity index (χ4n) is 3.27. The molecule has 0 aliphatic carbocycles. The number of carbonyl (C=O) groups is 1. The Morgan fingerprint density at radius 1 is 0.941 bits per heavy atom. The average molecular weight is 521 g/mol. The van der Waals surface area contributed by atoms with Gasteiger partial charge in [0.15, 0.2) is 0 Å². The van der Waals surface area contributed by atoms with E-state index < -0.39 is 10.0 Å². The normalized spacial score (nSPS) is 11.2. The van der Waals surface area contributed by atoms with Crippen molar-refractivity contribution in [1.82, 2.24) is 5.32 Å². The van der Waals surface area contributed by atoms with Gasteiger partial charge in [0, 0.05) is 5.56 Å². The van der Waals surface area contributed by atoms with Crippen LogP contribution in [0.1, 0.15) is 28.4 Å². The Morgan fingerprint density at radius 2 is 1.53 bits per heavy atom. The number of hydrogen-bond donors (Lipinski definition) is 1. The summed E-state index contributed by atoms with van der Waals surface area (Å²) in [7, 11) is -3.66. The van der Waals surface area contributed by atoms with Gasteiger partial charge in [-0.05, 0) is 53.9 Å². The minimum absolute atomic E-state index is 0.0227. The van der Waals surface area contributed by atoms with Gasteiger partial charge in [-0.25, -0.2) is 8.42 Å². The van der Waals surface area contributed by atoms with Gasteiger partial charge in [0.25, 0.3) is 5.91 Å². The van der Waals surface area contributed by atoms with Gasteiger partial charge in [-0.1, -0.05) is 60.5 Å². The smallest absolute Gasteiger partial charge is 0.251 e. The summed E-state index contributed by atoms with van der Waals surface area (Å²) < 4.78 is 31.7. The lowest BCUT2D eigenvalue weighted by molar-refractivity contribution is 0.0947. The summed E-state index contributed by atoms with van der Waals surface area (Å²) in [4.78, 5) is 12.4. The second-order valence-electron chi connectivity index (χ2n) is 7.64. The maximum atomic E-state index is 12.4. The van der Waals surface area contributed by atoms with E-state index in [0.29, 0.717) is 24.3 Å². The van der Waals surface area contributed by atoms with Gasteiger partial charge < -0.3 is 10.1 Å². The molecule has 3 aromatic carbocycles. The van der Waals surface area contributed by atoms with Crippen molar-refractivity contribution in [2.75, 3.05) is 23.7 Å². The summed E-state index contributed by atoms with van der Waals surface area (Å²) in [5, 5.41) is 3.28. The van der Waals surface area contributed by atoms with Crippen molar-refractivity contribution in [3.05, 3.63) is 93.5 Å². The Morgan fingerprint density at radius 3 is 2.09 bits per heavy atom. The third-order valence-corrected chi connectivity index (χ3v) is 6.84. The van der Waals surface area contributed by atoms with E-state index >= 15 is 0 Å². The molecule has 0 aliphatic heterocycles. The van der Waals surface area contributed by atoms with Crippen molar-refractivity contribution < 1.29 is 17.9 Å². The number of rotatable bonds is 10. The molecular formula is C25H26Cl2N2O4S. The molecule has 0 unspecified atom stereocenters. The molecule has 0 bridgehead atoms. The van der Waals surface area contributed by atoms with Crippen LogP contribution in [0, 0.1) is 0 Å². The predicted molar refractivity (Wildman–Crippen MR) is 138 cm³/mol. The summed E-state index contributed by atoms with van der Waals surface area (Å²) in [5.74, 6) is 0.510. The maximum Gasteiger partial charge on any atom is 0.251 e. The van der Waals surface area contributed by atoms with Crippen LogP contribution in [-0.2, 0) is 23.0 Å². The molecule has 0 heterocycles. The van der Waals surface area contributed by atoms with E-state index in [2.05, 4.69) is 12.2 Å². The Bertz CT molecular complexity index is 1210. The molecule has 6 nitrogen and oxygen atoms in total. The van der Waals surface area contributed by atoms with Crippen LogP contribution in [0.4, 0.5) is 5.69 Å². The molecule has 34 heavy (non-hydrogen) atoms. The monoisotopic (exact) mass is 520 g/mol.